The third-order valence-corrected chi connectivity index (χ3v) is 5.37. The van der Waals surface area contributed by atoms with Crippen LogP contribution in [-0.4, -0.2) is 28.0 Å². The Balaban J connectivity index is 1.50. The first-order chi connectivity index (χ1) is 12.8. The summed E-state index contributed by atoms with van der Waals surface area (Å²) in [5, 5.41) is 0. The lowest BCUT2D eigenvalue weighted by Gasteiger charge is -2.32. The molecule has 1 saturated heterocycles. The number of aromatic nitrogens is 2. The Kier molecular flexibility index (Phi) is 5.07. The van der Waals surface area contributed by atoms with Crippen LogP contribution < -0.4 is 0 Å². The number of likely N-dealkylation sites (tertiary alicyclic amines) is 1. The fourth-order valence-electron chi connectivity index (χ4n) is 3.73. The largest absolute Gasteiger partial charge is 0.297 e. The first kappa shape index (κ1) is 16.9. The summed E-state index contributed by atoms with van der Waals surface area (Å²) in [6.07, 6.45) is 7.60. The maximum Gasteiger partial charge on any atom is 0.159 e. The number of hydrogen-bond acceptors (Lipinski definition) is 3. The molecule has 0 N–H and O–H groups in total. The molecule has 1 unspecified atom stereocenters. The molecule has 1 atom stereocenters. The Labute approximate surface area is 155 Å². The molecular formula is C23H25N3. The smallest absolute Gasteiger partial charge is 0.159 e. The van der Waals surface area contributed by atoms with Gasteiger partial charge in [-0.05, 0) is 55.6 Å². The van der Waals surface area contributed by atoms with Crippen LogP contribution in [0, 0.1) is 0 Å². The average Bonchev–Trinajstić information content (AvgIpc) is 2.75. The average molecular weight is 343 g/mol. The van der Waals surface area contributed by atoms with Gasteiger partial charge in [0.15, 0.2) is 5.82 Å². The molecule has 1 aliphatic rings. The molecule has 132 valence electrons. The van der Waals surface area contributed by atoms with Crippen LogP contribution >= 0.6 is 0 Å². The summed E-state index contributed by atoms with van der Waals surface area (Å²) in [4.78, 5) is 11.2. The summed E-state index contributed by atoms with van der Waals surface area (Å²) in [5.41, 5.74) is 4.93. The van der Waals surface area contributed by atoms with E-state index in [2.05, 4.69) is 70.3 Å². The first-order valence-electron chi connectivity index (χ1n) is 9.53. The van der Waals surface area contributed by atoms with Crippen molar-refractivity contribution in [3.05, 3.63) is 72.6 Å². The quantitative estimate of drug-likeness (QED) is 0.639. The van der Waals surface area contributed by atoms with Crippen molar-refractivity contribution in [3.8, 4) is 22.5 Å². The zero-order valence-corrected chi connectivity index (χ0v) is 15.3. The molecule has 3 aromatic rings. The van der Waals surface area contributed by atoms with Crippen LogP contribution in [-0.2, 0) is 0 Å². The Bertz CT molecular complexity index is 820. The molecule has 0 bridgehead atoms. The van der Waals surface area contributed by atoms with E-state index in [4.69, 9.17) is 0 Å². The van der Waals surface area contributed by atoms with Crippen molar-refractivity contribution in [2.24, 2.45) is 0 Å². The normalized spacial score (nSPS) is 16.3. The number of benzene rings is 2. The van der Waals surface area contributed by atoms with Gasteiger partial charge in [-0.3, -0.25) is 4.90 Å². The highest BCUT2D eigenvalue weighted by atomic mass is 15.2. The van der Waals surface area contributed by atoms with Crippen molar-refractivity contribution >= 4 is 0 Å². The van der Waals surface area contributed by atoms with Gasteiger partial charge >= 0.3 is 0 Å². The van der Waals surface area contributed by atoms with Gasteiger partial charge < -0.3 is 0 Å². The summed E-state index contributed by atoms with van der Waals surface area (Å²) in [6, 6.07) is 19.9. The van der Waals surface area contributed by atoms with Crippen LogP contribution in [0.4, 0.5) is 0 Å². The van der Waals surface area contributed by atoms with Crippen molar-refractivity contribution in [1.82, 2.24) is 14.9 Å². The molecule has 0 aliphatic carbocycles. The molecule has 3 nitrogen and oxygen atoms in total. The highest BCUT2D eigenvalue weighted by Crippen LogP contribution is 2.27. The van der Waals surface area contributed by atoms with E-state index in [1.54, 1.807) is 12.4 Å². The van der Waals surface area contributed by atoms with Gasteiger partial charge in [0.05, 0.1) is 0 Å². The van der Waals surface area contributed by atoms with Gasteiger partial charge in [-0.25, -0.2) is 9.97 Å². The summed E-state index contributed by atoms with van der Waals surface area (Å²) in [7, 11) is 0. The molecule has 0 spiro atoms. The molecule has 1 aliphatic heterocycles. The van der Waals surface area contributed by atoms with Crippen molar-refractivity contribution < 1.29 is 0 Å². The van der Waals surface area contributed by atoms with E-state index in [9.17, 15) is 0 Å². The molecule has 1 fully saturated rings. The lowest BCUT2D eigenvalue weighted by Crippen LogP contribution is -2.32. The monoisotopic (exact) mass is 343 g/mol. The van der Waals surface area contributed by atoms with Gasteiger partial charge in [0.2, 0.25) is 0 Å². The van der Waals surface area contributed by atoms with Gasteiger partial charge in [0.25, 0.3) is 0 Å². The zero-order valence-electron chi connectivity index (χ0n) is 15.3. The minimum atomic E-state index is 0.502. The number of rotatable bonds is 4. The SMILES string of the molecule is CC(c1ccc(-c2ccc(-c3ncccn3)cc2)cc1)N1CCCCC1. The maximum absolute atomic E-state index is 4.31. The predicted octanol–water partition coefficient (Wildman–Crippen LogP) is 5.36. The van der Waals surface area contributed by atoms with Crippen LogP contribution in [0.2, 0.25) is 0 Å². The third kappa shape index (κ3) is 3.68. The second kappa shape index (κ2) is 7.79. The Hall–Kier alpha value is -2.52. The Morgan fingerprint density at radius 1 is 0.731 bits per heavy atom. The van der Waals surface area contributed by atoms with Crippen molar-refractivity contribution in [1.29, 1.82) is 0 Å². The van der Waals surface area contributed by atoms with E-state index in [1.807, 2.05) is 6.07 Å². The van der Waals surface area contributed by atoms with Crippen molar-refractivity contribution in [2.75, 3.05) is 13.1 Å². The summed E-state index contributed by atoms with van der Waals surface area (Å²) >= 11 is 0. The number of nitrogens with zero attached hydrogens (tertiary/aromatic N) is 3. The van der Waals surface area contributed by atoms with Gasteiger partial charge in [0.1, 0.15) is 0 Å². The molecule has 0 saturated carbocycles. The highest BCUT2D eigenvalue weighted by Gasteiger charge is 2.17. The molecular weight excluding hydrogens is 318 g/mol. The predicted molar refractivity (Wildman–Crippen MR) is 107 cm³/mol. The minimum absolute atomic E-state index is 0.502. The fraction of sp³-hybridized carbons (Fsp3) is 0.304. The first-order valence-corrected chi connectivity index (χ1v) is 9.53. The van der Waals surface area contributed by atoms with Crippen LogP contribution in [0.25, 0.3) is 22.5 Å². The topological polar surface area (TPSA) is 29.0 Å². The summed E-state index contributed by atoms with van der Waals surface area (Å²) < 4.78 is 0. The standard InChI is InChI=1S/C23H25N3/c1-18(26-16-3-2-4-17-26)19-6-8-20(9-7-19)21-10-12-22(13-11-21)23-24-14-5-15-25-23/h5-15,18H,2-4,16-17H2,1H3. The van der Waals surface area contributed by atoms with Gasteiger partial charge in [-0.1, -0.05) is 55.0 Å². The van der Waals surface area contributed by atoms with Gasteiger partial charge in [-0.2, -0.15) is 0 Å². The Morgan fingerprint density at radius 2 is 1.27 bits per heavy atom. The molecule has 26 heavy (non-hydrogen) atoms. The van der Waals surface area contributed by atoms with E-state index in [0.29, 0.717) is 6.04 Å². The molecule has 2 heterocycles. The maximum atomic E-state index is 4.31. The molecule has 2 aromatic carbocycles. The fourth-order valence-corrected chi connectivity index (χ4v) is 3.73. The second-order valence-electron chi connectivity index (χ2n) is 7.04. The van der Waals surface area contributed by atoms with Crippen LogP contribution in [0.15, 0.2) is 67.0 Å². The number of hydrogen-bond donors (Lipinski definition) is 0. The van der Waals surface area contributed by atoms with Gasteiger partial charge in [0, 0.05) is 24.0 Å². The summed E-state index contributed by atoms with van der Waals surface area (Å²) in [6.45, 7) is 4.78. The van der Waals surface area contributed by atoms with Crippen molar-refractivity contribution in [3.63, 3.8) is 0 Å². The van der Waals surface area contributed by atoms with Crippen LogP contribution in [0.1, 0.15) is 37.8 Å². The lowest BCUT2D eigenvalue weighted by atomic mass is 9.98. The van der Waals surface area contributed by atoms with E-state index < -0.39 is 0 Å². The van der Waals surface area contributed by atoms with E-state index in [-0.39, 0.29) is 0 Å². The molecule has 0 radical (unpaired) electrons. The Morgan fingerprint density at radius 3 is 1.88 bits per heavy atom. The zero-order chi connectivity index (χ0) is 17.8. The third-order valence-electron chi connectivity index (χ3n) is 5.37. The minimum Gasteiger partial charge on any atom is -0.297 e. The van der Waals surface area contributed by atoms with Crippen LogP contribution in [0.5, 0.6) is 0 Å². The summed E-state index contributed by atoms with van der Waals surface area (Å²) in [5.74, 6) is 0.768. The highest BCUT2D eigenvalue weighted by molar-refractivity contribution is 5.67. The van der Waals surface area contributed by atoms with Crippen molar-refractivity contribution in [2.45, 2.75) is 32.2 Å². The lowest BCUT2D eigenvalue weighted by molar-refractivity contribution is 0.175. The van der Waals surface area contributed by atoms with Gasteiger partial charge in [-0.15, -0.1) is 0 Å². The molecule has 1 aromatic heterocycles. The number of piperidine rings is 1. The van der Waals surface area contributed by atoms with E-state index in [0.717, 1.165) is 11.4 Å². The molecule has 3 heteroatoms. The van der Waals surface area contributed by atoms with E-state index >= 15 is 0 Å². The molecule has 4 rings (SSSR count). The van der Waals surface area contributed by atoms with Crippen LogP contribution in [0.3, 0.4) is 0 Å². The van der Waals surface area contributed by atoms with E-state index in [1.165, 1.54) is 49.0 Å². The molecule has 0 amide bonds. The second-order valence-corrected chi connectivity index (χ2v) is 7.04.